The van der Waals surface area contributed by atoms with Crippen LogP contribution in [0.2, 0.25) is 0 Å². The van der Waals surface area contributed by atoms with Crippen molar-refractivity contribution in [2.24, 2.45) is 4.99 Å². The van der Waals surface area contributed by atoms with Crippen molar-refractivity contribution in [2.45, 2.75) is 13.8 Å². The van der Waals surface area contributed by atoms with Crippen molar-refractivity contribution < 1.29 is 4.79 Å². The number of fused-ring (bicyclic) bond motifs is 1. The summed E-state index contributed by atoms with van der Waals surface area (Å²) in [5, 5.41) is 3.07. The minimum atomic E-state index is 0.0325. The smallest absolute Gasteiger partial charge is 0.186 e. The number of rotatable bonds is 2. The van der Waals surface area contributed by atoms with Gasteiger partial charge in [0.25, 0.3) is 0 Å². The Kier molecular flexibility index (Phi) is 5.26. The van der Waals surface area contributed by atoms with Gasteiger partial charge in [-0.25, -0.2) is 4.99 Å². The Hall–Kier alpha value is -2.68. The van der Waals surface area contributed by atoms with Crippen molar-refractivity contribution in [3.8, 4) is 0 Å². The number of hydrogen-bond donors (Lipinski definition) is 1. The van der Waals surface area contributed by atoms with Crippen LogP contribution in [0.3, 0.4) is 0 Å². The minimum Gasteiger partial charge on any atom is -0.388 e. The summed E-state index contributed by atoms with van der Waals surface area (Å²) in [6, 6.07) is 15.4. The second kappa shape index (κ2) is 7.36. The standard InChI is InChI=1S/C17H14N2O.C2H6/c1-18-12-6-8-13(9-7-12)19-16-10-11-17(20)15-5-3-2-4-14(15)16;1-2/h2-11,18H,1H3;1-2H3. The van der Waals surface area contributed by atoms with Gasteiger partial charge < -0.3 is 5.32 Å². The van der Waals surface area contributed by atoms with Gasteiger partial charge in [-0.1, -0.05) is 38.1 Å². The lowest BCUT2D eigenvalue weighted by molar-refractivity contribution is 0.104. The second-order valence-electron chi connectivity index (χ2n) is 4.54. The Bertz CT molecular complexity index is 712. The normalized spacial score (nSPS) is 14.1. The highest BCUT2D eigenvalue weighted by atomic mass is 16.1. The highest BCUT2D eigenvalue weighted by molar-refractivity contribution is 6.24. The number of allylic oxidation sites excluding steroid dienone is 2. The van der Waals surface area contributed by atoms with Gasteiger partial charge in [-0.05, 0) is 36.4 Å². The zero-order valence-corrected chi connectivity index (χ0v) is 13.1. The molecule has 1 aliphatic carbocycles. The molecule has 0 saturated carbocycles. The lowest BCUT2D eigenvalue weighted by Gasteiger charge is -2.11. The lowest BCUT2D eigenvalue weighted by Crippen LogP contribution is -2.11. The van der Waals surface area contributed by atoms with E-state index in [1.165, 1.54) is 0 Å². The first-order chi connectivity index (χ1) is 10.8. The maximum absolute atomic E-state index is 11.8. The van der Waals surface area contributed by atoms with E-state index in [2.05, 4.69) is 10.3 Å². The number of nitrogens with zero attached hydrogens (tertiary/aromatic N) is 1. The van der Waals surface area contributed by atoms with Crippen molar-refractivity contribution in [3.05, 3.63) is 71.8 Å². The summed E-state index contributed by atoms with van der Waals surface area (Å²) in [5.41, 5.74) is 4.33. The van der Waals surface area contributed by atoms with Crippen LogP contribution >= 0.6 is 0 Å². The predicted molar refractivity (Wildman–Crippen MR) is 93.4 cm³/mol. The van der Waals surface area contributed by atoms with Gasteiger partial charge in [0.2, 0.25) is 0 Å². The first-order valence-electron chi connectivity index (χ1n) is 7.46. The maximum Gasteiger partial charge on any atom is 0.186 e. The van der Waals surface area contributed by atoms with E-state index in [4.69, 9.17) is 0 Å². The van der Waals surface area contributed by atoms with Crippen LogP contribution in [0, 0.1) is 0 Å². The first kappa shape index (κ1) is 15.7. The molecular formula is C19H20N2O. The SMILES string of the molecule is CC.CNc1ccc(N=C2C=CC(=O)c3ccccc32)cc1. The summed E-state index contributed by atoms with van der Waals surface area (Å²) >= 11 is 0. The lowest BCUT2D eigenvalue weighted by atomic mass is 9.94. The third-order valence-electron chi connectivity index (χ3n) is 3.27. The van der Waals surface area contributed by atoms with E-state index in [0.29, 0.717) is 5.56 Å². The molecule has 22 heavy (non-hydrogen) atoms. The maximum atomic E-state index is 11.8. The van der Waals surface area contributed by atoms with Gasteiger partial charge in [-0.15, -0.1) is 0 Å². The van der Waals surface area contributed by atoms with Gasteiger partial charge in [-0.3, -0.25) is 4.79 Å². The Labute approximate surface area is 131 Å². The number of benzene rings is 2. The molecule has 0 spiro atoms. The molecular weight excluding hydrogens is 272 g/mol. The molecule has 2 aromatic carbocycles. The summed E-state index contributed by atoms with van der Waals surface area (Å²) in [4.78, 5) is 16.4. The third kappa shape index (κ3) is 3.31. The molecule has 2 aromatic rings. The summed E-state index contributed by atoms with van der Waals surface area (Å²) in [7, 11) is 1.88. The van der Waals surface area contributed by atoms with Gasteiger partial charge in [-0.2, -0.15) is 0 Å². The fourth-order valence-corrected chi connectivity index (χ4v) is 2.19. The zero-order valence-electron chi connectivity index (χ0n) is 13.1. The van der Waals surface area contributed by atoms with Crippen molar-refractivity contribution in [1.82, 2.24) is 0 Å². The highest BCUT2D eigenvalue weighted by Crippen LogP contribution is 2.22. The van der Waals surface area contributed by atoms with Crippen LogP contribution in [0.4, 0.5) is 11.4 Å². The average molecular weight is 292 g/mol. The molecule has 112 valence electrons. The summed E-state index contributed by atoms with van der Waals surface area (Å²) in [5.74, 6) is 0.0325. The van der Waals surface area contributed by atoms with E-state index in [0.717, 1.165) is 22.6 Å². The number of ketones is 1. The quantitative estimate of drug-likeness (QED) is 0.877. The molecule has 3 nitrogen and oxygen atoms in total. The van der Waals surface area contributed by atoms with Crippen LogP contribution in [0.15, 0.2) is 65.7 Å². The second-order valence-corrected chi connectivity index (χ2v) is 4.54. The van der Waals surface area contributed by atoms with Gasteiger partial charge in [0.05, 0.1) is 11.4 Å². The van der Waals surface area contributed by atoms with Crippen molar-refractivity contribution in [3.63, 3.8) is 0 Å². The van der Waals surface area contributed by atoms with Crippen LogP contribution < -0.4 is 5.32 Å². The molecule has 0 heterocycles. The number of anilines is 1. The highest BCUT2D eigenvalue weighted by Gasteiger charge is 2.16. The average Bonchev–Trinajstić information content (AvgIpc) is 2.60. The largest absolute Gasteiger partial charge is 0.388 e. The predicted octanol–water partition coefficient (Wildman–Crippen LogP) is 4.63. The van der Waals surface area contributed by atoms with Crippen molar-refractivity contribution in [2.75, 3.05) is 12.4 Å². The Morgan fingerprint density at radius 1 is 0.864 bits per heavy atom. The molecule has 0 amide bonds. The molecule has 3 rings (SSSR count). The van der Waals surface area contributed by atoms with E-state index in [-0.39, 0.29) is 5.78 Å². The zero-order chi connectivity index (χ0) is 15.9. The van der Waals surface area contributed by atoms with Gasteiger partial charge in [0, 0.05) is 23.9 Å². The van der Waals surface area contributed by atoms with E-state index in [1.807, 2.05) is 69.4 Å². The summed E-state index contributed by atoms with van der Waals surface area (Å²) in [6.45, 7) is 4.00. The summed E-state index contributed by atoms with van der Waals surface area (Å²) < 4.78 is 0. The first-order valence-corrected chi connectivity index (χ1v) is 7.46. The molecule has 0 saturated heterocycles. The third-order valence-corrected chi connectivity index (χ3v) is 3.27. The Morgan fingerprint density at radius 2 is 1.50 bits per heavy atom. The number of nitrogens with one attached hydrogen (secondary N) is 1. The topological polar surface area (TPSA) is 41.5 Å². The number of carbonyl (C=O) groups excluding carboxylic acids is 1. The Morgan fingerprint density at radius 3 is 2.14 bits per heavy atom. The Balaban J connectivity index is 0.000000847. The van der Waals surface area contributed by atoms with Crippen LogP contribution in [0.25, 0.3) is 0 Å². The number of carbonyl (C=O) groups is 1. The fourth-order valence-electron chi connectivity index (χ4n) is 2.19. The molecule has 0 unspecified atom stereocenters. The molecule has 0 aromatic heterocycles. The number of aliphatic imine (C=N–C) groups is 1. The molecule has 3 heteroatoms. The molecule has 0 fully saturated rings. The molecule has 0 bridgehead atoms. The molecule has 0 radical (unpaired) electrons. The van der Waals surface area contributed by atoms with Crippen LogP contribution in [0.1, 0.15) is 29.8 Å². The van der Waals surface area contributed by atoms with E-state index < -0.39 is 0 Å². The fraction of sp³-hybridized carbons (Fsp3) is 0.158. The van der Waals surface area contributed by atoms with Crippen LogP contribution in [-0.2, 0) is 0 Å². The van der Waals surface area contributed by atoms with Gasteiger partial charge >= 0.3 is 0 Å². The molecule has 1 aliphatic rings. The number of hydrogen-bond acceptors (Lipinski definition) is 3. The van der Waals surface area contributed by atoms with E-state index >= 15 is 0 Å². The van der Waals surface area contributed by atoms with E-state index in [1.54, 1.807) is 12.2 Å². The van der Waals surface area contributed by atoms with Gasteiger partial charge in [0.15, 0.2) is 5.78 Å². The minimum absolute atomic E-state index is 0.0325. The molecule has 1 N–H and O–H groups in total. The molecule has 0 aliphatic heterocycles. The summed E-state index contributed by atoms with van der Waals surface area (Å²) in [6.07, 6.45) is 3.35. The molecule has 0 atom stereocenters. The van der Waals surface area contributed by atoms with Crippen molar-refractivity contribution in [1.29, 1.82) is 0 Å². The monoisotopic (exact) mass is 292 g/mol. The van der Waals surface area contributed by atoms with Crippen LogP contribution in [-0.4, -0.2) is 18.5 Å². The van der Waals surface area contributed by atoms with Crippen LogP contribution in [0.5, 0.6) is 0 Å². The van der Waals surface area contributed by atoms with Gasteiger partial charge in [0.1, 0.15) is 0 Å². The van der Waals surface area contributed by atoms with Crippen molar-refractivity contribution >= 4 is 22.9 Å². The van der Waals surface area contributed by atoms with E-state index in [9.17, 15) is 4.79 Å².